The highest BCUT2D eigenvalue weighted by atomic mass is 32.1. The zero-order valence-corrected chi connectivity index (χ0v) is 15.6. The summed E-state index contributed by atoms with van der Waals surface area (Å²) in [5.74, 6) is 0.966. The summed E-state index contributed by atoms with van der Waals surface area (Å²) in [5, 5.41) is 15.5. The lowest BCUT2D eigenvalue weighted by atomic mass is 9.84. The summed E-state index contributed by atoms with van der Waals surface area (Å²) in [7, 11) is 2.12. The summed E-state index contributed by atoms with van der Waals surface area (Å²) >= 11 is 1.74. The number of benzene rings is 1. The third kappa shape index (κ3) is 3.75. The number of likely N-dealkylation sites (tertiary alicyclic amines) is 1. The van der Waals surface area contributed by atoms with Gasteiger partial charge in [0.25, 0.3) is 0 Å². The van der Waals surface area contributed by atoms with E-state index in [2.05, 4.69) is 51.9 Å². The van der Waals surface area contributed by atoms with Crippen LogP contribution in [0.15, 0.2) is 35.0 Å². The maximum atomic E-state index is 11.1. The van der Waals surface area contributed by atoms with E-state index in [1.165, 1.54) is 11.1 Å². The summed E-state index contributed by atoms with van der Waals surface area (Å²) in [4.78, 5) is 4.71. The van der Waals surface area contributed by atoms with Crippen molar-refractivity contribution in [3.05, 3.63) is 51.7 Å². The average Bonchev–Trinajstić information content (AvgIpc) is 3.03. The molecule has 0 atom stereocenters. The van der Waals surface area contributed by atoms with Crippen LogP contribution in [0.4, 0.5) is 0 Å². The van der Waals surface area contributed by atoms with Gasteiger partial charge in [0.05, 0.1) is 5.60 Å². The smallest absolute Gasteiger partial charge is 0.123 e. The van der Waals surface area contributed by atoms with Crippen LogP contribution < -0.4 is 4.74 Å². The number of hydrogen-bond acceptors (Lipinski definition) is 5. The van der Waals surface area contributed by atoms with Crippen LogP contribution in [0, 0.1) is 0 Å². The summed E-state index contributed by atoms with van der Waals surface area (Å²) in [6.07, 6.45) is 1.59. The Labute approximate surface area is 153 Å². The van der Waals surface area contributed by atoms with E-state index >= 15 is 0 Å². The first kappa shape index (κ1) is 17.0. The number of rotatable bonds is 3. The lowest BCUT2D eigenvalue weighted by Crippen LogP contribution is -2.40. The van der Waals surface area contributed by atoms with Crippen molar-refractivity contribution in [2.75, 3.05) is 33.3 Å². The largest absolute Gasteiger partial charge is 0.492 e. The Morgan fingerprint density at radius 3 is 2.80 bits per heavy atom. The van der Waals surface area contributed by atoms with Gasteiger partial charge in [-0.05, 0) is 60.0 Å². The molecule has 0 spiro atoms. The van der Waals surface area contributed by atoms with Crippen molar-refractivity contribution in [3.63, 3.8) is 0 Å². The Kier molecular flexibility index (Phi) is 4.82. The van der Waals surface area contributed by atoms with Crippen LogP contribution in [-0.4, -0.2) is 48.2 Å². The lowest BCUT2D eigenvalue weighted by molar-refractivity contribution is -0.0204. The van der Waals surface area contributed by atoms with E-state index in [-0.39, 0.29) is 0 Å². The molecule has 1 saturated heterocycles. The maximum Gasteiger partial charge on any atom is 0.123 e. The van der Waals surface area contributed by atoms with Crippen LogP contribution in [0.3, 0.4) is 0 Å². The van der Waals surface area contributed by atoms with E-state index in [1.807, 2.05) is 0 Å². The molecule has 0 aliphatic carbocycles. The molecule has 134 valence electrons. The second kappa shape index (κ2) is 7.08. The predicted octanol–water partition coefficient (Wildman–Crippen LogP) is 3.06. The van der Waals surface area contributed by atoms with E-state index in [4.69, 9.17) is 4.74 Å². The highest BCUT2D eigenvalue weighted by molar-refractivity contribution is 7.07. The van der Waals surface area contributed by atoms with E-state index in [9.17, 15) is 5.11 Å². The Balaban J connectivity index is 1.55. The van der Waals surface area contributed by atoms with Crippen molar-refractivity contribution in [1.29, 1.82) is 0 Å². The maximum absolute atomic E-state index is 11.1. The van der Waals surface area contributed by atoms with Gasteiger partial charge in [-0.25, -0.2) is 0 Å². The minimum atomic E-state index is -0.702. The first-order chi connectivity index (χ1) is 12.1. The van der Waals surface area contributed by atoms with Gasteiger partial charge in [0.2, 0.25) is 0 Å². The zero-order chi connectivity index (χ0) is 17.3. The van der Waals surface area contributed by atoms with Gasteiger partial charge in [0, 0.05) is 38.3 Å². The summed E-state index contributed by atoms with van der Waals surface area (Å²) in [6.45, 7) is 5.34. The minimum absolute atomic E-state index is 0.702. The fourth-order valence-electron chi connectivity index (χ4n) is 3.79. The number of ether oxygens (including phenoxy) is 1. The van der Waals surface area contributed by atoms with Crippen LogP contribution in [0.2, 0.25) is 0 Å². The Morgan fingerprint density at radius 2 is 2.04 bits per heavy atom. The van der Waals surface area contributed by atoms with Crippen molar-refractivity contribution in [2.45, 2.75) is 31.5 Å². The quantitative estimate of drug-likeness (QED) is 0.915. The number of piperidine rings is 1. The van der Waals surface area contributed by atoms with Crippen molar-refractivity contribution in [1.82, 2.24) is 9.80 Å². The van der Waals surface area contributed by atoms with Crippen molar-refractivity contribution >= 4 is 11.3 Å². The van der Waals surface area contributed by atoms with Crippen LogP contribution in [-0.2, 0) is 18.7 Å². The zero-order valence-electron chi connectivity index (χ0n) is 14.8. The fourth-order valence-corrected chi connectivity index (χ4v) is 4.45. The molecule has 2 aliphatic heterocycles. The van der Waals surface area contributed by atoms with E-state index in [0.29, 0.717) is 6.61 Å². The lowest BCUT2D eigenvalue weighted by Gasteiger charge is -2.37. The van der Waals surface area contributed by atoms with Gasteiger partial charge in [-0.1, -0.05) is 6.07 Å². The number of thiophene rings is 1. The van der Waals surface area contributed by atoms with Crippen LogP contribution in [0.5, 0.6) is 5.75 Å². The van der Waals surface area contributed by atoms with Crippen molar-refractivity contribution in [2.24, 2.45) is 0 Å². The molecule has 4 nitrogen and oxygen atoms in total. The molecule has 4 rings (SSSR count). The average molecular weight is 359 g/mol. The van der Waals surface area contributed by atoms with Gasteiger partial charge in [0.15, 0.2) is 0 Å². The van der Waals surface area contributed by atoms with E-state index in [1.54, 1.807) is 11.3 Å². The Bertz CT molecular complexity index is 708. The fraction of sp³-hybridized carbons (Fsp3) is 0.500. The van der Waals surface area contributed by atoms with Gasteiger partial charge in [-0.2, -0.15) is 11.3 Å². The Hall–Kier alpha value is -1.40. The van der Waals surface area contributed by atoms with Crippen molar-refractivity contribution < 1.29 is 9.84 Å². The van der Waals surface area contributed by atoms with E-state index in [0.717, 1.165) is 56.9 Å². The molecule has 0 radical (unpaired) electrons. The molecule has 0 bridgehead atoms. The van der Waals surface area contributed by atoms with Gasteiger partial charge in [-0.3, -0.25) is 4.90 Å². The van der Waals surface area contributed by atoms with Crippen LogP contribution in [0.1, 0.15) is 29.5 Å². The normalized spacial score (nSPS) is 21.4. The van der Waals surface area contributed by atoms with Gasteiger partial charge >= 0.3 is 0 Å². The Morgan fingerprint density at radius 1 is 1.20 bits per heavy atom. The summed E-state index contributed by atoms with van der Waals surface area (Å²) in [5.41, 5.74) is 2.89. The first-order valence-electron chi connectivity index (χ1n) is 9.03. The molecule has 0 amide bonds. The van der Waals surface area contributed by atoms with Gasteiger partial charge < -0.3 is 14.7 Å². The molecule has 2 aliphatic rings. The highest BCUT2D eigenvalue weighted by Gasteiger charge is 2.33. The summed E-state index contributed by atoms with van der Waals surface area (Å²) in [6, 6.07) is 8.47. The molecule has 1 N–H and O–H groups in total. The number of aliphatic hydroxyl groups is 1. The topological polar surface area (TPSA) is 35.9 Å². The molecule has 1 fully saturated rings. The molecule has 0 saturated carbocycles. The molecule has 5 heteroatoms. The molecule has 1 aromatic heterocycles. The summed E-state index contributed by atoms with van der Waals surface area (Å²) < 4.78 is 5.96. The predicted molar refractivity (Wildman–Crippen MR) is 101 cm³/mol. The molecule has 3 heterocycles. The third-order valence-corrected chi connectivity index (χ3v) is 6.19. The molecule has 0 unspecified atom stereocenters. The van der Waals surface area contributed by atoms with Crippen LogP contribution in [0.25, 0.3) is 0 Å². The molecule has 1 aromatic carbocycles. The second-order valence-corrected chi connectivity index (χ2v) is 8.13. The number of nitrogens with zero attached hydrogens (tertiary/aromatic N) is 2. The standard InChI is InChI=1S/C20H26N2O2S/c1-21-7-5-20(23,6-8-21)18-2-3-19-17(12-18)14-22(9-10-24-19)13-16-4-11-25-15-16/h2-4,11-12,15,23H,5-10,13-14H2,1H3. The van der Waals surface area contributed by atoms with Crippen LogP contribution >= 0.6 is 11.3 Å². The minimum Gasteiger partial charge on any atom is -0.492 e. The van der Waals surface area contributed by atoms with E-state index < -0.39 is 5.60 Å². The number of fused-ring (bicyclic) bond motifs is 1. The SMILES string of the molecule is CN1CCC(O)(c2ccc3c(c2)CN(Cc2ccsc2)CCO3)CC1. The monoisotopic (exact) mass is 358 g/mol. The molecule has 2 aromatic rings. The number of hydrogen-bond donors (Lipinski definition) is 1. The molecule has 25 heavy (non-hydrogen) atoms. The second-order valence-electron chi connectivity index (χ2n) is 7.35. The van der Waals surface area contributed by atoms with Gasteiger partial charge in [0.1, 0.15) is 12.4 Å². The molecular formula is C20H26N2O2S. The third-order valence-electron chi connectivity index (χ3n) is 5.46. The first-order valence-corrected chi connectivity index (χ1v) is 9.97. The highest BCUT2D eigenvalue weighted by Crippen LogP contribution is 2.35. The van der Waals surface area contributed by atoms with Crippen molar-refractivity contribution in [3.8, 4) is 5.75 Å². The molecular weight excluding hydrogens is 332 g/mol. The van der Waals surface area contributed by atoms with Gasteiger partial charge in [-0.15, -0.1) is 0 Å².